The molecule has 0 saturated carbocycles. The molecule has 6 nitrogen and oxygen atoms in total. The first-order valence-corrected chi connectivity index (χ1v) is 7.98. The van der Waals surface area contributed by atoms with E-state index in [0.717, 1.165) is 38.9 Å². The molecule has 0 radical (unpaired) electrons. The summed E-state index contributed by atoms with van der Waals surface area (Å²) in [5.74, 6) is -0.305. The molecule has 1 unspecified atom stereocenters. The molecule has 0 spiro atoms. The number of hydrogen-bond acceptors (Lipinski definition) is 3. The number of carbonyl (C=O) groups is 2. The molecule has 0 aromatic heterocycles. The normalized spacial score (nSPS) is 24.4. The molecule has 1 N–H and O–H groups in total. The maximum atomic E-state index is 12.7. The summed E-state index contributed by atoms with van der Waals surface area (Å²) in [5.41, 5.74) is 0. The Morgan fingerprint density at radius 2 is 1.86 bits per heavy atom. The lowest BCUT2D eigenvalue weighted by Crippen LogP contribution is -2.48. The third-order valence-electron chi connectivity index (χ3n) is 4.53. The topological polar surface area (TPSA) is 64.1 Å². The largest absolute Gasteiger partial charge is 0.480 e. The number of rotatable bonds is 3. The van der Waals surface area contributed by atoms with Crippen molar-refractivity contribution in [1.29, 1.82) is 0 Å². The molecule has 2 fully saturated rings. The van der Waals surface area contributed by atoms with Gasteiger partial charge in [0.25, 0.3) is 0 Å². The summed E-state index contributed by atoms with van der Waals surface area (Å²) in [6.07, 6.45) is 3.04. The van der Waals surface area contributed by atoms with Gasteiger partial charge in [-0.05, 0) is 25.2 Å². The highest BCUT2D eigenvalue weighted by Gasteiger charge is 2.33. The average molecular weight is 297 g/mol. The average Bonchev–Trinajstić information content (AvgIpc) is 2.79. The Morgan fingerprint density at radius 3 is 2.52 bits per heavy atom. The van der Waals surface area contributed by atoms with Crippen molar-refractivity contribution in [3.63, 3.8) is 0 Å². The minimum atomic E-state index is -0.797. The zero-order valence-electron chi connectivity index (χ0n) is 13.1. The number of aliphatic carboxylic acids is 1. The minimum Gasteiger partial charge on any atom is -0.480 e. The van der Waals surface area contributed by atoms with Gasteiger partial charge < -0.3 is 14.9 Å². The van der Waals surface area contributed by atoms with E-state index in [0.29, 0.717) is 25.0 Å². The van der Waals surface area contributed by atoms with Gasteiger partial charge in [-0.2, -0.15) is 0 Å². The number of carbonyl (C=O) groups excluding carboxylic acids is 1. The Morgan fingerprint density at radius 1 is 1.10 bits per heavy atom. The molecular weight excluding hydrogens is 270 g/mol. The molecule has 2 rings (SSSR count). The summed E-state index contributed by atoms with van der Waals surface area (Å²) in [6, 6.07) is 0.499. The molecule has 120 valence electrons. The lowest BCUT2D eigenvalue weighted by atomic mass is 10.0. The van der Waals surface area contributed by atoms with Crippen LogP contribution in [0.5, 0.6) is 0 Å². The van der Waals surface area contributed by atoms with Crippen molar-refractivity contribution in [1.82, 2.24) is 14.7 Å². The van der Waals surface area contributed by atoms with E-state index in [1.165, 1.54) is 0 Å². The van der Waals surface area contributed by atoms with Crippen LogP contribution in [0.3, 0.4) is 0 Å². The van der Waals surface area contributed by atoms with E-state index in [1.807, 2.05) is 14.7 Å². The monoisotopic (exact) mass is 297 g/mol. The van der Waals surface area contributed by atoms with Crippen molar-refractivity contribution in [3.05, 3.63) is 0 Å². The summed E-state index contributed by atoms with van der Waals surface area (Å²) >= 11 is 0. The number of hydrogen-bond donors (Lipinski definition) is 1. The predicted molar refractivity (Wildman–Crippen MR) is 80.2 cm³/mol. The summed E-state index contributed by atoms with van der Waals surface area (Å²) in [4.78, 5) is 29.4. The van der Waals surface area contributed by atoms with Gasteiger partial charge in [-0.25, -0.2) is 4.79 Å². The lowest BCUT2D eigenvalue weighted by Gasteiger charge is -2.33. The van der Waals surface area contributed by atoms with E-state index in [-0.39, 0.29) is 12.6 Å². The summed E-state index contributed by atoms with van der Waals surface area (Å²) in [6.45, 7) is 8.05. The Kier molecular flexibility index (Phi) is 5.45. The van der Waals surface area contributed by atoms with Crippen LogP contribution < -0.4 is 0 Å². The third-order valence-corrected chi connectivity index (χ3v) is 4.53. The number of nitrogens with zero attached hydrogens (tertiary/aromatic N) is 3. The molecular formula is C15H27N3O3. The fourth-order valence-electron chi connectivity index (χ4n) is 3.42. The summed E-state index contributed by atoms with van der Waals surface area (Å²) in [7, 11) is 0. The molecule has 2 heterocycles. The van der Waals surface area contributed by atoms with Crippen LogP contribution in [0.25, 0.3) is 0 Å². The first-order chi connectivity index (χ1) is 9.99. The van der Waals surface area contributed by atoms with Crippen LogP contribution in [0, 0.1) is 5.92 Å². The van der Waals surface area contributed by atoms with Gasteiger partial charge in [0, 0.05) is 38.8 Å². The van der Waals surface area contributed by atoms with E-state index in [1.54, 1.807) is 0 Å². The number of urea groups is 1. The molecule has 2 saturated heterocycles. The van der Waals surface area contributed by atoms with Crippen molar-refractivity contribution in [2.45, 2.75) is 39.2 Å². The summed E-state index contributed by atoms with van der Waals surface area (Å²) < 4.78 is 0. The van der Waals surface area contributed by atoms with Gasteiger partial charge in [-0.3, -0.25) is 9.69 Å². The highest BCUT2D eigenvalue weighted by Crippen LogP contribution is 2.25. The van der Waals surface area contributed by atoms with Gasteiger partial charge in [0.05, 0.1) is 6.54 Å². The van der Waals surface area contributed by atoms with E-state index in [2.05, 4.69) is 13.8 Å². The van der Waals surface area contributed by atoms with Crippen LogP contribution in [-0.2, 0) is 4.79 Å². The third kappa shape index (κ3) is 4.09. The van der Waals surface area contributed by atoms with Crippen molar-refractivity contribution in [3.8, 4) is 0 Å². The Labute approximate surface area is 126 Å². The molecule has 1 atom stereocenters. The fourth-order valence-corrected chi connectivity index (χ4v) is 3.42. The number of amides is 2. The predicted octanol–water partition coefficient (Wildman–Crippen LogP) is 1.32. The first kappa shape index (κ1) is 16.1. The molecule has 0 aliphatic carbocycles. The molecule has 0 bridgehead atoms. The Bertz CT molecular complexity index is 386. The van der Waals surface area contributed by atoms with Gasteiger partial charge in [-0.15, -0.1) is 0 Å². The van der Waals surface area contributed by atoms with Crippen LogP contribution in [-0.4, -0.2) is 77.1 Å². The molecule has 0 aromatic rings. The number of carboxylic acids is 1. The molecule has 2 aliphatic heterocycles. The molecule has 2 aliphatic rings. The maximum Gasteiger partial charge on any atom is 0.320 e. The second-order valence-electron chi connectivity index (χ2n) is 6.44. The SMILES string of the molecule is CC(C)C1CCCN1C(=O)N1CCCN(CC(=O)O)CC1. The standard InChI is InChI=1S/C15H27N3O3/c1-12(2)13-5-3-8-18(13)15(21)17-7-4-6-16(9-10-17)11-14(19)20/h12-13H,3-11H2,1-2H3,(H,19,20). The smallest absolute Gasteiger partial charge is 0.320 e. The van der Waals surface area contributed by atoms with Crippen molar-refractivity contribution in [2.75, 3.05) is 39.3 Å². The zero-order chi connectivity index (χ0) is 15.4. The van der Waals surface area contributed by atoms with Gasteiger partial charge in [0.2, 0.25) is 0 Å². The second kappa shape index (κ2) is 7.11. The lowest BCUT2D eigenvalue weighted by molar-refractivity contribution is -0.138. The van der Waals surface area contributed by atoms with Crippen LogP contribution in [0.1, 0.15) is 33.1 Å². The highest BCUT2D eigenvalue weighted by atomic mass is 16.4. The van der Waals surface area contributed by atoms with Gasteiger partial charge in [0.1, 0.15) is 0 Å². The highest BCUT2D eigenvalue weighted by molar-refractivity contribution is 5.75. The molecule has 6 heteroatoms. The first-order valence-electron chi connectivity index (χ1n) is 7.98. The van der Waals surface area contributed by atoms with Gasteiger partial charge >= 0.3 is 12.0 Å². The minimum absolute atomic E-state index is 0.0698. The Hall–Kier alpha value is -1.30. The number of likely N-dealkylation sites (tertiary alicyclic amines) is 1. The quantitative estimate of drug-likeness (QED) is 0.853. The second-order valence-corrected chi connectivity index (χ2v) is 6.44. The van der Waals surface area contributed by atoms with Crippen molar-refractivity contribution >= 4 is 12.0 Å². The molecule has 0 aromatic carbocycles. The van der Waals surface area contributed by atoms with Crippen LogP contribution in [0.4, 0.5) is 4.79 Å². The van der Waals surface area contributed by atoms with Crippen LogP contribution in [0.15, 0.2) is 0 Å². The van der Waals surface area contributed by atoms with E-state index >= 15 is 0 Å². The maximum absolute atomic E-state index is 12.7. The van der Waals surface area contributed by atoms with Crippen LogP contribution in [0.2, 0.25) is 0 Å². The summed E-state index contributed by atoms with van der Waals surface area (Å²) in [5, 5.41) is 8.87. The molecule has 21 heavy (non-hydrogen) atoms. The van der Waals surface area contributed by atoms with Crippen molar-refractivity contribution in [2.24, 2.45) is 5.92 Å². The number of carboxylic acid groups (broad SMARTS) is 1. The van der Waals surface area contributed by atoms with Crippen LogP contribution >= 0.6 is 0 Å². The van der Waals surface area contributed by atoms with Crippen molar-refractivity contribution < 1.29 is 14.7 Å². The van der Waals surface area contributed by atoms with E-state index in [4.69, 9.17) is 5.11 Å². The van der Waals surface area contributed by atoms with Gasteiger partial charge in [-0.1, -0.05) is 13.8 Å². The van der Waals surface area contributed by atoms with Gasteiger partial charge in [0.15, 0.2) is 0 Å². The molecule has 2 amide bonds. The Balaban J connectivity index is 1.92. The van der Waals surface area contributed by atoms with E-state index < -0.39 is 5.97 Å². The fraction of sp³-hybridized carbons (Fsp3) is 0.867. The van der Waals surface area contributed by atoms with E-state index in [9.17, 15) is 9.59 Å². The zero-order valence-corrected chi connectivity index (χ0v) is 13.1.